The van der Waals surface area contributed by atoms with Crippen LogP contribution in [0.5, 0.6) is 0 Å². The largest absolute Gasteiger partial charge is 0.480 e. The van der Waals surface area contributed by atoms with Crippen LogP contribution in [-0.2, 0) is 4.79 Å². The number of hydrogen-bond donors (Lipinski definition) is 2. The van der Waals surface area contributed by atoms with E-state index >= 15 is 0 Å². The number of aliphatic carboxylic acids is 1. The van der Waals surface area contributed by atoms with E-state index in [1.807, 2.05) is 0 Å². The van der Waals surface area contributed by atoms with Crippen molar-refractivity contribution < 1.29 is 9.90 Å². The highest BCUT2D eigenvalue weighted by Crippen LogP contribution is 2.40. The molecule has 2 aliphatic rings. The Morgan fingerprint density at radius 1 is 1.25 bits per heavy atom. The monoisotopic (exact) mass is 283 g/mol. The summed E-state index contributed by atoms with van der Waals surface area (Å²) < 4.78 is 0. The first kappa shape index (κ1) is 15.7. The number of hydrogen-bond acceptors (Lipinski definition) is 4. The molecule has 0 aromatic carbocycles. The zero-order valence-electron chi connectivity index (χ0n) is 13.1. The first-order chi connectivity index (χ1) is 9.48. The summed E-state index contributed by atoms with van der Waals surface area (Å²) in [7, 11) is 1.79. The third kappa shape index (κ3) is 3.51. The van der Waals surface area contributed by atoms with Crippen LogP contribution in [0.3, 0.4) is 0 Å². The molecule has 2 rings (SSSR count). The van der Waals surface area contributed by atoms with Crippen LogP contribution in [-0.4, -0.2) is 72.7 Å². The van der Waals surface area contributed by atoms with Gasteiger partial charge in [0.15, 0.2) is 0 Å². The number of nitrogens with one attached hydrogen (secondary N) is 1. The van der Waals surface area contributed by atoms with Crippen LogP contribution in [0.2, 0.25) is 0 Å². The molecule has 0 spiro atoms. The van der Waals surface area contributed by atoms with Gasteiger partial charge in [-0.15, -0.1) is 0 Å². The second-order valence-corrected chi connectivity index (χ2v) is 6.77. The zero-order valence-corrected chi connectivity index (χ0v) is 13.1. The summed E-state index contributed by atoms with van der Waals surface area (Å²) in [5, 5.41) is 12.7. The Hall–Kier alpha value is -0.650. The highest BCUT2D eigenvalue weighted by atomic mass is 16.4. The van der Waals surface area contributed by atoms with Crippen LogP contribution in [0.25, 0.3) is 0 Å². The van der Waals surface area contributed by atoms with Crippen molar-refractivity contribution in [3.05, 3.63) is 0 Å². The second-order valence-electron chi connectivity index (χ2n) is 6.77. The third-order valence-corrected chi connectivity index (χ3v) is 4.66. The van der Waals surface area contributed by atoms with Crippen LogP contribution in [0.15, 0.2) is 0 Å². The minimum absolute atomic E-state index is 0.304. The first-order valence-electron chi connectivity index (χ1n) is 7.85. The highest BCUT2D eigenvalue weighted by Gasteiger charge is 2.51. The van der Waals surface area contributed by atoms with Gasteiger partial charge in [0.25, 0.3) is 0 Å². The fourth-order valence-corrected chi connectivity index (χ4v) is 3.34. The molecule has 0 aromatic rings. The van der Waals surface area contributed by atoms with Gasteiger partial charge in [0.05, 0.1) is 0 Å². The maximum Gasteiger partial charge on any atom is 0.325 e. The first-order valence-corrected chi connectivity index (χ1v) is 7.85. The smallest absolute Gasteiger partial charge is 0.325 e. The normalized spacial score (nSPS) is 24.8. The van der Waals surface area contributed by atoms with Crippen LogP contribution in [0.4, 0.5) is 0 Å². The molecule has 5 nitrogen and oxygen atoms in total. The van der Waals surface area contributed by atoms with Gasteiger partial charge in [-0.1, -0.05) is 13.8 Å². The van der Waals surface area contributed by atoms with Gasteiger partial charge in [-0.3, -0.25) is 9.69 Å². The number of piperazine rings is 1. The van der Waals surface area contributed by atoms with Crippen molar-refractivity contribution in [3.8, 4) is 0 Å². The SMILES string of the molecule is CNC(CN1CCN(CC(C)C)CC1)(C(=O)O)C1CC1. The molecule has 1 heterocycles. The molecule has 2 N–H and O–H groups in total. The summed E-state index contributed by atoms with van der Waals surface area (Å²) >= 11 is 0. The van der Waals surface area contributed by atoms with Crippen molar-refractivity contribution in [1.29, 1.82) is 0 Å². The van der Waals surface area contributed by atoms with Crippen LogP contribution < -0.4 is 5.32 Å². The molecule has 1 atom stereocenters. The van der Waals surface area contributed by atoms with Crippen molar-refractivity contribution in [2.45, 2.75) is 32.2 Å². The predicted octanol–water partition coefficient (Wildman–Crippen LogP) is 0.713. The summed E-state index contributed by atoms with van der Waals surface area (Å²) in [6, 6.07) is 0. The highest BCUT2D eigenvalue weighted by molar-refractivity contribution is 5.80. The van der Waals surface area contributed by atoms with Crippen molar-refractivity contribution in [1.82, 2.24) is 15.1 Å². The topological polar surface area (TPSA) is 55.8 Å². The number of likely N-dealkylation sites (N-methyl/N-ethyl adjacent to an activating group) is 1. The maximum atomic E-state index is 11.7. The number of nitrogens with zero attached hydrogens (tertiary/aromatic N) is 2. The Balaban J connectivity index is 1.88. The van der Waals surface area contributed by atoms with E-state index in [4.69, 9.17) is 0 Å². The van der Waals surface area contributed by atoms with E-state index < -0.39 is 11.5 Å². The van der Waals surface area contributed by atoms with Crippen molar-refractivity contribution in [2.75, 3.05) is 46.3 Å². The molecule has 0 aromatic heterocycles. The second kappa shape index (κ2) is 6.41. The summed E-state index contributed by atoms with van der Waals surface area (Å²) in [4.78, 5) is 16.5. The van der Waals surface area contributed by atoms with Gasteiger partial charge in [-0.25, -0.2) is 0 Å². The number of rotatable bonds is 7. The van der Waals surface area contributed by atoms with E-state index in [-0.39, 0.29) is 0 Å². The lowest BCUT2D eigenvalue weighted by molar-refractivity contribution is -0.147. The van der Waals surface area contributed by atoms with Gasteiger partial charge >= 0.3 is 5.97 Å². The Morgan fingerprint density at radius 3 is 2.20 bits per heavy atom. The molecule has 1 saturated carbocycles. The molecule has 20 heavy (non-hydrogen) atoms. The molecule has 116 valence electrons. The quantitative estimate of drug-likeness (QED) is 0.721. The van der Waals surface area contributed by atoms with Crippen molar-refractivity contribution in [3.63, 3.8) is 0 Å². The fourth-order valence-electron chi connectivity index (χ4n) is 3.34. The number of carboxylic acids is 1. The molecule has 0 radical (unpaired) electrons. The van der Waals surface area contributed by atoms with Crippen molar-refractivity contribution >= 4 is 5.97 Å². The van der Waals surface area contributed by atoms with Gasteiger partial charge in [0.1, 0.15) is 5.54 Å². The number of carboxylic acid groups (broad SMARTS) is 1. The third-order valence-electron chi connectivity index (χ3n) is 4.66. The lowest BCUT2D eigenvalue weighted by Gasteiger charge is -2.40. The number of carbonyl (C=O) groups is 1. The molecular weight excluding hydrogens is 254 g/mol. The molecule has 1 unspecified atom stereocenters. The molecule has 0 bridgehead atoms. The molecular formula is C15H29N3O2. The Morgan fingerprint density at radius 2 is 1.80 bits per heavy atom. The van der Waals surface area contributed by atoms with Gasteiger partial charge in [-0.2, -0.15) is 0 Å². The predicted molar refractivity (Wildman–Crippen MR) is 79.9 cm³/mol. The van der Waals surface area contributed by atoms with Crippen molar-refractivity contribution in [2.24, 2.45) is 11.8 Å². The lowest BCUT2D eigenvalue weighted by Crippen LogP contribution is -2.62. The van der Waals surface area contributed by atoms with Crippen LogP contribution in [0, 0.1) is 11.8 Å². The standard InChI is InChI=1S/C15H29N3O2/c1-12(2)10-17-6-8-18(9-7-17)11-15(16-3,14(19)20)13-4-5-13/h12-13,16H,4-11H2,1-3H3,(H,19,20). The molecule has 1 saturated heterocycles. The average molecular weight is 283 g/mol. The Kier molecular flexibility index (Phi) is 5.04. The van der Waals surface area contributed by atoms with E-state index in [2.05, 4.69) is 29.0 Å². The Bertz CT molecular complexity index is 336. The fraction of sp³-hybridized carbons (Fsp3) is 0.933. The molecule has 1 aliphatic heterocycles. The molecule has 0 amide bonds. The van der Waals surface area contributed by atoms with E-state index in [0.717, 1.165) is 45.6 Å². The minimum Gasteiger partial charge on any atom is -0.480 e. The van der Waals surface area contributed by atoms with Gasteiger partial charge in [0, 0.05) is 39.3 Å². The Labute approximate surface area is 122 Å². The van der Waals surface area contributed by atoms with Crippen LogP contribution in [0.1, 0.15) is 26.7 Å². The summed E-state index contributed by atoms with van der Waals surface area (Å²) in [6.45, 7) is 10.4. The minimum atomic E-state index is -0.736. The van der Waals surface area contributed by atoms with E-state index in [9.17, 15) is 9.90 Å². The zero-order chi connectivity index (χ0) is 14.8. The van der Waals surface area contributed by atoms with Gasteiger partial charge < -0.3 is 15.3 Å². The van der Waals surface area contributed by atoms with E-state index in [1.165, 1.54) is 0 Å². The van der Waals surface area contributed by atoms with Crippen LogP contribution >= 0.6 is 0 Å². The maximum absolute atomic E-state index is 11.7. The summed E-state index contributed by atoms with van der Waals surface area (Å²) in [5.41, 5.74) is -0.736. The summed E-state index contributed by atoms with van der Waals surface area (Å²) in [5.74, 6) is 0.314. The average Bonchev–Trinajstić information content (AvgIpc) is 3.21. The van der Waals surface area contributed by atoms with Gasteiger partial charge in [-0.05, 0) is 31.7 Å². The lowest BCUT2D eigenvalue weighted by atomic mass is 9.92. The van der Waals surface area contributed by atoms with Gasteiger partial charge in [0.2, 0.25) is 0 Å². The molecule has 1 aliphatic carbocycles. The molecule has 2 fully saturated rings. The van der Waals surface area contributed by atoms with E-state index in [0.29, 0.717) is 18.4 Å². The summed E-state index contributed by atoms with van der Waals surface area (Å²) in [6.07, 6.45) is 2.08. The van der Waals surface area contributed by atoms with E-state index in [1.54, 1.807) is 7.05 Å². The molecule has 5 heteroatoms.